The van der Waals surface area contributed by atoms with Crippen LogP contribution >= 0.6 is 11.8 Å². The molecule has 0 bridgehead atoms. The van der Waals surface area contributed by atoms with Crippen molar-refractivity contribution in [3.05, 3.63) is 54.6 Å². The Morgan fingerprint density at radius 3 is 2.76 bits per heavy atom. The van der Waals surface area contributed by atoms with Gasteiger partial charge in [0.05, 0.1) is 0 Å². The molecule has 4 amide bonds. The molecule has 130 valence electrons. The molecule has 0 radical (unpaired) electrons. The number of hydrogen-bond acceptors (Lipinski definition) is 3. The van der Waals surface area contributed by atoms with E-state index in [1.165, 1.54) is 4.90 Å². The molecule has 3 rings (SSSR count). The molecule has 0 saturated carbocycles. The summed E-state index contributed by atoms with van der Waals surface area (Å²) in [4.78, 5) is 26.5. The molecule has 1 fully saturated rings. The second-order valence-corrected chi connectivity index (χ2v) is 6.64. The third kappa shape index (κ3) is 4.90. The van der Waals surface area contributed by atoms with Gasteiger partial charge in [0.2, 0.25) is 0 Å². The summed E-state index contributed by atoms with van der Waals surface area (Å²) in [5.74, 6) is 0.797. The first-order chi connectivity index (χ1) is 12.2. The minimum Gasteiger partial charge on any atom is -0.337 e. The lowest BCUT2D eigenvalue weighted by molar-refractivity contribution is 0.251. The highest BCUT2D eigenvalue weighted by atomic mass is 32.2. The standard InChI is InChI=1S/C18H20N4O2S/c23-17(19-10-12-25-16-7-2-1-3-8-16)21-14-5-4-6-15(13-14)22-11-9-20-18(22)24/h1-8,13H,9-12H2,(H,20,24)(H2,19,21,23). The van der Waals surface area contributed by atoms with E-state index in [1.54, 1.807) is 28.8 Å². The number of thioether (sulfide) groups is 1. The van der Waals surface area contributed by atoms with Crippen LogP contribution in [0.15, 0.2) is 59.5 Å². The summed E-state index contributed by atoms with van der Waals surface area (Å²) >= 11 is 1.69. The fourth-order valence-electron chi connectivity index (χ4n) is 2.49. The quantitative estimate of drug-likeness (QED) is 0.550. The molecule has 6 nitrogen and oxygen atoms in total. The van der Waals surface area contributed by atoms with Gasteiger partial charge in [-0.05, 0) is 30.3 Å². The molecular weight excluding hydrogens is 336 g/mol. The van der Waals surface area contributed by atoms with Gasteiger partial charge in [-0.15, -0.1) is 11.8 Å². The van der Waals surface area contributed by atoms with Crippen LogP contribution in [0.25, 0.3) is 0 Å². The maximum atomic E-state index is 12.0. The van der Waals surface area contributed by atoms with Gasteiger partial charge in [-0.2, -0.15) is 0 Å². The largest absolute Gasteiger partial charge is 0.337 e. The monoisotopic (exact) mass is 356 g/mol. The van der Waals surface area contributed by atoms with E-state index in [2.05, 4.69) is 16.0 Å². The smallest absolute Gasteiger partial charge is 0.321 e. The maximum absolute atomic E-state index is 12.0. The van der Waals surface area contributed by atoms with Gasteiger partial charge in [-0.3, -0.25) is 4.90 Å². The summed E-state index contributed by atoms with van der Waals surface area (Å²) in [5.41, 5.74) is 1.43. The summed E-state index contributed by atoms with van der Waals surface area (Å²) in [6, 6.07) is 17.0. The van der Waals surface area contributed by atoms with Gasteiger partial charge in [-0.1, -0.05) is 24.3 Å². The first-order valence-electron chi connectivity index (χ1n) is 8.10. The van der Waals surface area contributed by atoms with E-state index in [-0.39, 0.29) is 12.1 Å². The average molecular weight is 356 g/mol. The Labute approximate surface area is 151 Å². The van der Waals surface area contributed by atoms with Crippen LogP contribution in [-0.2, 0) is 0 Å². The van der Waals surface area contributed by atoms with E-state index in [0.717, 1.165) is 11.4 Å². The van der Waals surface area contributed by atoms with E-state index in [4.69, 9.17) is 0 Å². The van der Waals surface area contributed by atoms with Gasteiger partial charge < -0.3 is 16.0 Å². The summed E-state index contributed by atoms with van der Waals surface area (Å²) in [5, 5.41) is 8.40. The Hall–Kier alpha value is -2.67. The van der Waals surface area contributed by atoms with Gasteiger partial charge in [0.25, 0.3) is 0 Å². The average Bonchev–Trinajstić information content (AvgIpc) is 3.06. The van der Waals surface area contributed by atoms with Crippen molar-refractivity contribution in [2.45, 2.75) is 4.90 Å². The molecule has 0 atom stereocenters. The Morgan fingerprint density at radius 2 is 2.00 bits per heavy atom. The number of hydrogen-bond donors (Lipinski definition) is 3. The van der Waals surface area contributed by atoms with Crippen molar-refractivity contribution in [3.8, 4) is 0 Å². The van der Waals surface area contributed by atoms with Crippen LogP contribution in [0.4, 0.5) is 21.0 Å². The maximum Gasteiger partial charge on any atom is 0.321 e. The minimum atomic E-state index is -0.253. The molecule has 0 aromatic heterocycles. The van der Waals surface area contributed by atoms with Gasteiger partial charge in [0.1, 0.15) is 0 Å². The second-order valence-electron chi connectivity index (χ2n) is 5.48. The van der Waals surface area contributed by atoms with E-state index in [1.807, 2.05) is 42.5 Å². The number of nitrogens with one attached hydrogen (secondary N) is 3. The molecule has 25 heavy (non-hydrogen) atoms. The van der Waals surface area contributed by atoms with Crippen molar-refractivity contribution in [3.63, 3.8) is 0 Å². The first-order valence-corrected chi connectivity index (χ1v) is 9.09. The van der Waals surface area contributed by atoms with Crippen molar-refractivity contribution in [1.29, 1.82) is 0 Å². The highest BCUT2D eigenvalue weighted by molar-refractivity contribution is 7.99. The van der Waals surface area contributed by atoms with Crippen molar-refractivity contribution in [2.24, 2.45) is 0 Å². The van der Waals surface area contributed by atoms with Gasteiger partial charge in [0.15, 0.2) is 0 Å². The van der Waals surface area contributed by atoms with E-state index < -0.39 is 0 Å². The fourth-order valence-corrected chi connectivity index (χ4v) is 3.28. The van der Waals surface area contributed by atoms with Gasteiger partial charge in [-0.25, -0.2) is 9.59 Å². The van der Waals surface area contributed by atoms with Crippen LogP contribution in [-0.4, -0.2) is 37.4 Å². The molecule has 0 spiro atoms. The number of rotatable bonds is 6. The minimum absolute atomic E-state index is 0.112. The third-order valence-corrected chi connectivity index (χ3v) is 4.69. The normalized spacial score (nSPS) is 13.4. The zero-order chi connectivity index (χ0) is 17.5. The Bertz CT molecular complexity index is 739. The summed E-state index contributed by atoms with van der Waals surface area (Å²) < 4.78 is 0. The van der Waals surface area contributed by atoms with Crippen LogP contribution < -0.4 is 20.9 Å². The molecule has 2 aromatic rings. The number of amides is 4. The molecule has 7 heteroatoms. The summed E-state index contributed by atoms with van der Waals surface area (Å²) in [6.07, 6.45) is 0. The summed E-state index contributed by atoms with van der Waals surface area (Å²) in [6.45, 7) is 1.83. The molecule has 1 saturated heterocycles. The van der Waals surface area contributed by atoms with Gasteiger partial charge >= 0.3 is 12.1 Å². The predicted molar refractivity (Wildman–Crippen MR) is 101 cm³/mol. The van der Waals surface area contributed by atoms with E-state index >= 15 is 0 Å². The topological polar surface area (TPSA) is 73.5 Å². The number of carbonyl (C=O) groups is 2. The molecule has 2 aromatic carbocycles. The number of anilines is 2. The first kappa shape index (κ1) is 17.2. The number of urea groups is 2. The zero-order valence-electron chi connectivity index (χ0n) is 13.7. The Balaban J connectivity index is 1.45. The van der Waals surface area contributed by atoms with Crippen LogP contribution in [0.2, 0.25) is 0 Å². The zero-order valence-corrected chi connectivity index (χ0v) is 14.5. The van der Waals surface area contributed by atoms with Crippen LogP contribution in [0.5, 0.6) is 0 Å². The number of nitrogens with zero attached hydrogens (tertiary/aromatic N) is 1. The van der Waals surface area contributed by atoms with Crippen LogP contribution in [0, 0.1) is 0 Å². The molecule has 1 heterocycles. The fraction of sp³-hybridized carbons (Fsp3) is 0.222. The molecule has 3 N–H and O–H groups in total. The molecule has 1 aliphatic rings. The lowest BCUT2D eigenvalue weighted by atomic mass is 10.2. The predicted octanol–water partition coefficient (Wildman–Crippen LogP) is 3.13. The Kier molecular flexibility index (Phi) is 5.79. The molecular formula is C18H20N4O2S. The van der Waals surface area contributed by atoms with E-state index in [9.17, 15) is 9.59 Å². The van der Waals surface area contributed by atoms with Crippen molar-refractivity contribution in [1.82, 2.24) is 10.6 Å². The van der Waals surface area contributed by atoms with Crippen LogP contribution in [0.3, 0.4) is 0 Å². The highest BCUT2D eigenvalue weighted by Crippen LogP contribution is 2.21. The van der Waals surface area contributed by atoms with Crippen molar-refractivity contribution >= 4 is 35.2 Å². The number of carbonyl (C=O) groups excluding carboxylic acids is 2. The molecule has 0 aliphatic carbocycles. The Morgan fingerprint density at radius 1 is 1.16 bits per heavy atom. The van der Waals surface area contributed by atoms with Crippen molar-refractivity contribution < 1.29 is 9.59 Å². The van der Waals surface area contributed by atoms with Gasteiger partial charge in [0, 0.05) is 41.7 Å². The van der Waals surface area contributed by atoms with E-state index in [0.29, 0.717) is 25.3 Å². The molecule has 0 unspecified atom stereocenters. The highest BCUT2D eigenvalue weighted by Gasteiger charge is 2.21. The molecule has 1 aliphatic heterocycles. The van der Waals surface area contributed by atoms with Crippen molar-refractivity contribution in [2.75, 3.05) is 35.6 Å². The summed E-state index contributed by atoms with van der Waals surface area (Å²) in [7, 11) is 0. The second kappa shape index (κ2) is 8.43. The third-order valence-electron chi connectivity index (χ3n) is 3.67. The lowest BCUT2D eigenvalue weighted by Gasteiger charge is -2.15. The lowest BCUT2D eigenvalue weighted by Crippen LogP contribution is -2.31. The number of benzene rings is 2. The van der Waals surface area contributed by atoms with Crippen LogP contribution in [0.1, 0.15) is 0 Å². The SMILES string of the molecule is O=C(NCCSc1ccccc1)Nc1cccc(N2CCNC2=O)c1.